The van der Waals surface area contributed by atoms with Gasteiger partial charge in [0.05, 0.1) is 6.54 Å². The van der Waals surface area contributed by atoms with E-state index in [-0.39, 0.29) is 5.78 Å². The van der Waals surface area contributed by atoms with Crippen molar-refractivity contribution in [2.75, 3.05) is 6.54 Å². The largest absolute Gasteiger partial charge is 0.295 e. The topological polar surface area (TPSA) is 29.4 Å². The average Bonchev–Trinajstić information content (AvgIpc) is 2.12. The fraction of sp³-hybridized carbons (Fsp3) is 0.333. The molecular weight excluding hydrogens is 102 g/mol. The molecule has 1 aliphatic heterocycles. The maximum absolute atomic E-state index is 10.5. The summed E-state index contributed by atoms with van der Waals surface area (Å²) < 4.78 is 0. The molecular formula is C6H7NO. The summed E-state index contributed by atoms with van der Waals surface area (Å²) in [5.74, 6) is 0.127. The lowest BCUT2D eigenvalue weighted by atomic mass is 10.2. The monoisotopic (exact) mass is 109 g/mol. The first-order valence-corrected chi connectivity index (χ1v) is 2.50. The molecule has 0 saturated carbocycles. The Labute approximate surface area is 47.9 Å². The molecule has 1 heterocycles. The number of hydrogen-bond donors (Lipinski definition) is 0. The van der Waals surface area contributed by atoms with Gasteiger partial charge in [0.15, 0.2) is 5.78 Å². The summed E-state index contributed by atoms with van der Waals surface area (Å²) >= 11 is 0. The molecule has 2 nitrogen and oxygen atoms in total. The van der Waals surface area contributed by atoms with Gasteiger partial charge in [0.2, 0.25) is 0 Å². The van der Waals surface area contributed by atoms with Gasteiger partial charge in [-0.25, -0.2) is 0 Å². The van der Waals surface area contributed by atoms with Gasteiger partial charge in [0.25, 0.3) is 0 Å². The second-order valence-corrected chi connectivity index (χ2v) is 1.74. The van der Waals surface area contributed by atoms with Gasteiger partial charge < -0.3 is 0 Å². The Morgan fingerprint density at radius 3 is 2.88 bits per heavy atom. The first-order valence-electron chi connectivity index (χ1n) is 2.50. The highest BCUT2D eigenvalue weighted by atomic mass is 16.1. The van der Waals surface area contributed by atoms with Crippen LogP contribution in [0.1, 0.15) is 6.92 Å². The molecule has 0 aromatic carbocycles. The normalized spacial score (nSPS) is 16.4. The van der Waals surface area contributed by atoms with E-state index in [2.05, 4.69) is 4.99 Å². The summed E-state index contributed by atoms with van der Waals surface area (Å²) in [7, 11) is 0. The van der Waals surface area contributed by atoms with Crippen molar-refractivity contribution in [1.82, 2.24) is 0 Å². The zero-order valence-electron chi connectivity index (χ0n) is 4.72. The Balaban J connectivity index is 2.64. The number of ketones is 1. The van der Waals surface area contributed by atoms with Gasteiger partial charge in [0, 0.05) is 11.8 Å². The van der Waals surface area contributed by atoms with Crippen molar-refractivity contribution in [1.29, 1.82) is 0 Å². The molecule has 0 aromatic rings. The van der Waals surface area contributed by atoms with Crippen molar-refractivity contribution in [3.63, 3.8) is 0 Å². The minimum atomic E-state index is 0.127. The van der Waals surface area contributed by atoms with Crippen molar-refractivity contribution in [3.05, 3.63) is 11.6 Å². The van der Waals surface area contributed by atoms with E-state index in [9.17, 15) is 4.79 Å². The Hall–Kier alpha value is -0.920. The molecule has 0 N–H and O–H groups in total. The van der Waals surface area contributed by atoms with Crippen molar-refractivity contribution in [2.24, 2.45) is 4.99 Å². The lowest BCUT2D eigenvalue weighted by molar-refractivity contribution is -0.113. The highest BCUT2D eigenvalue weighted by Crippen LogP contribution is 2.00. The number of Topliss-reactive ketones (excluding diaryl/α,β-unsaturated/α-hetero) is 1. The zero-order chi connectivity index (χ0) is 5.98. The Bertz CT molecular complexity index is 167. The van der Waals surface area contributed by atoms with E-state index in [0.717, 1.165) is 5.57 Å². The average molecular weight is 109 g/mol. The molecule has 1 aliphatic rings. The molecule has 8 heavy (non-hydrogen) atoms. The molecule has 0 spiro atoms. The minimum Gasteiger partial charge on any atom is -0.295 e. The third kappa shape index (κ3) is 0.832. The number of carbonyl (C=O) groups is 1. The van der Waals surface area contributed by atoms with Crippen LogP contribution in [-0.2, 0) is 4.79 Å². The first kappa shape index (κ1) is 5.22. The van der Waals surface area contributed by atoms with E-state index in [4.69, 9.17) is 0 Å². The van der Waals surface area contributed by atoms with E-state index in [1.54, 1.807) is 19.2 Å². The van der Waals surface area contributed by atoms with Crippen molar-refractivity contribution >= 4 is 12.0 Å². The third-order valence-corrected chi connectivity index (χ3v) is 1.09. The predicted octanol–water partition coefficient (Wildman–Crippen LogP) is 0.586. The van der Waals surface area contributed by atoms with Crippen LogP contribution in [0.2, 0.25) is 0 Å². The lowest BCUT2D eigenvalue weighted by Gasteiger charge is -1.87. The fourth-order valence-electron chi connectivity index (χ4n) is 0.575. The molecule has 0 saturated heterocycles. The molecule has 0 atom stereocenters. The number of carbonyl (C=O) groups excluding carboxylic acids is 1. The summed E-state index contributed by atoms with van der Waals surface area (Å²) in [5.41, 5.74) is 0.810. The SMILES string of the molecule is CC(=O)C1=CC=NC1. The zero-order valence-corrected chi connectivity index (χ0v) is 4.72. The molecule has 0 bridgehead atoms. The highest BCUT2D eigenvalue weighted by Gasteiger charge is 2.03. The molecule has 42 valence electrons. The smallest absolute Gasteiger partial charge is 0.157 e. The second kappa shape index (κ2) is 1.90. The summed E-state index contributed by atoms with van der Waals surface area (Å²) in [6.07, 6.45) is 3.42. The molecule has 1 rings (SSSR count). The van der Waals surface area contributed by atoms with Gasteiger partial charge >= 0.3 is 0 Å². The minimum absolute atomic E-state index is 0.127. The number of aliphatic imine (C=N–C) groups is 1. The van der Waals surface area contributed by atoms with Crippen LogP contribution in [0.15, 0.2) is 16.6 Å². The Kier molecular flexibility index (Phi) is 1.24. The predicted molar refractivity (Wildman–Crippen MR) is 32.1 cm³/mol. The van der Waals surface area contributed by atoms with E-state index in [1.165, 1.54) is 0 Å². The van der Waals surface area contributed by atoms with E-state index >= 15 is 0 Å². The Morgan fingerprint density at radius 2 is 2.62 bits per heavy atom. The molecule has 0 aliphatic carbocycles. The number of allylic oxidation sites excluding steroid dienone is 1. The molecule has 0 fully saturated rings. The van der Waals surface area contributed by atoms with Gasteiger partial charge in [-0.1, -0.05) is 0 Å². The summed E-state index contributed by atoms with van der Waals surface area (Å²) in [5, 5.41) is 0. The van der Waals surface area contributed by atoms with Crippen LogP contribution >= 0.6 is 0 Å². The van der Waals surface area contributed by atoms with E-state index in [1.807, 2.05) is 0 Å². The Morgan fingerprint density at radius 1 is 1.88 bits per heavy atom. The quantitative estimate of drug-likeness (QED) is 0.484. The van der Waals surface area contributed by atoms with Crippen molar-refractivity contribution in [3.8, 4) is 0 Å². The van der Waals surface area contributed by atoms with E-state index in [0.29, 0.717) is 6.54 Å². The van der Waals surface area contributed by atoms with Crippen LogP contribution < -0.4 is 0 Å². The van der Waals surface area contributed by atoms with Crippen LogP contribution in [-0.4, -0.2) is 18.5 Å². The van der Waals surface area contributed by atoms with Gasteiger partial charge in [-0.05, 0) is 13.0 Å². The molecule has 0 aromatic heterocycles. The van der Waals surface area contributed by atoms with Crippen LogP contribution in [0, 0.1) is 0 Å². The van der Waals surface area contributed by atoms with Crippen LogP contribution in [0.3, 0.4) is 0 Å². The number of nitrogens with zero attached hydrogens (tertiary/aromatic N) is 1. The highest BCUT2D eigenvalue weighted by molar-refractivity contribution is 5.99. The number of rotatable bonds is 1. The van der Waals surface area contributed by atoms with Gasteiger partial charge in [-0.3, -0.25) is 9.79 Å². The van der Waals surface area contributed by atoms with Crippen molar-refractivity contribution < 1.29 is 4.79 Å². The standard InChI is InChI=1S/C6H7NO/c1-5(8)6-2-3-7-4-6/h2-3H,4H2,1H3. The molecule has 0 amide bonds. The van der Waals surface area contributed by atoms with Gasteiger partial charge in [0.1, 0.15) is 0 Å². The van der Waals surface area contributed by atoms with Gasteiger partial charge in [-0.15, -0.1) is 0 Å². The number of hydrogen-bond acceptors (Lipinski definition) is 2. The molecule has 0 radical (unpaired) electrons. The lowest BCUT2D eigenvalue weighted by Crippen LogP contribution is -1.95. The maximum atomic E-state index is 10.5. The molecule has 2 heteroatoms. The van der Waals surface area contributed by atoms with Crippen LogP contribution in [0.5, 0.6) is 0 Å². The summed E-state index contributed by atoms with van der Waals surface area (Å²) in [4.78, 5) is 14.3. The first-order chi connectivity index (χ1) is 3.80. The maximum Gasteiger partial charge on any atom is 0.157 e. The summed E-state index contributed by atoms with van der Waals surface area (Å²) in [6.45, 7) is 2.13. The molecule has 0 unspecified atom stereocenters. The van der Waals surface area contributed by atoms with E-state index < -0.39 is 0 Å². The second-order valence-electron chi connectivity index (χ2n) is 1.74. The van der Waals surface area contributed by atoms with Crippen LogP contribution in [0.4, 0.5) is 0 Å². The van der Waals surface area contributed by atoms with Gasteiger partial charge in [-0.2, -0.15) is 0 Å². The van der Waals surface area contributed by atoms with Crippen LogP contribution in [0.25, 0.3) is 0 Å². The third-order valence-electron chi connectivity index (χ3n) is 1.09. The fourth-order valence-corrected chi connectivity index (χ4v) is 0.575. The summed E-state index contributed by atoms with van der Waals surface area (Å²) in [6, 6.07) is 0. The van der Waals surface area contributed by atoms with Crippen molar-refractivity contribution in [2.45, 2.75) is 6.92 Å².